The summed E-state index contributed by atoms with van der Waals surface area (Å²) in [4.78, 5) is 12.6. The van der Waals surface area contributed by atoms with Crippen LogP contribution < -0.4 is 10.1 Å². The number of aromatic nitrogens is 2. The minimum atomic E-state index is -4.52. The van der Waals surface area contributed by atoms with E-state index in [0.717, 1.165) is 35.5 Å². The molecule has 0 spiro atoms. The zero-order valence-electron chi connectivity index (χ0n) is 17.3. The number of aryl methyl sites for hydroxylation is 1. The van der Waals surface area contributed by atoms with Crippen LogP contribution >= 0.6 is 0 Å². The van der Waals surface area contributed by atoms with Crippen molar-refractivity contribution >= 4 is 5.91 Å². The minimum absolute atomic E-state index is 0.0491. The predicted octanol–water partition coefficient (Wildman–Crippen LogP) is 4.45. The smallest absolute Gasteiger partial charge is 0.435 e. The monoisotopic (exact) mass is 441 g/mol. The maximum Gasteiger partial charge on any atom is 0.435 e. The van der Waals surface area contributed by atoms with Crippen molar-refractivity contribution in [3.8, 4) is 16.9 Å². The van der Waals surface area contributed by atoms with Gasteiger partial charge in [-0.15, -0.1) is 0 Å². The number of aromatic amines is 1. The lowest BCUT2D eigenvalue weighted by atomic mass is 9.85. The molecule has 1 aliphatic heterocycles. The molecule has 32 heavy (non-hydrogen) atoms. The van der Waals surface area contributed by atoms with E-state index in [2.05, 4.69) is 21.6 Å². The van der Waals surface area contributed by atoms with Gasteiger partial charge in [-0.3, -0.25) is 9.89 Å². The Morgan fingerprint density at radius 1 is 1.12 bits per heavy atom. The standard InChI is InChI=1S/C24H22F3N3O2/c25-24(26,27)22-19-12-18(5-7-20(19)29-30-22)23(31)28-13-14-1-3-15(4-2-14)16-6-8-21-17(11-16)9-10-32-21/h1-4,6,8,11,18H,5,7,9-10,12-13H2,(H,28,31)(H,29,30). The third kappa shape index (κ3) is 3.97. The van der Waals surface area contributed by atoms with Gasteiger partial charge in [0.15, 0.2) is 5.69 Å². The van der Waals surface area contributed by atoms with Crippen molar-refractivity contribution in [2.45, 2.75) is 38.4 Å². The van der Waals surface area contributed by atoms with Crippen LogP contribution in [0.3, 0.4) is 0 Å². The Balaban J connectivity index is 1.21. The van der Waals surface area contributed by atoms with E-state index in [-0.39, 0.29) is 17.9 Å². The van der Waals surface area contributed by atoms with Crippen molar-refractivity contribution in [1.82, 2.24) is 15.5 Å². The molecule has 0 radical (unpaired) electrons. The molecule has 2 aliphatic rings. The number of nitrogens with one attached hydrogen (secondary N) is 2. The number of nitrogens with zero attached hydrogens (tertiary/aromatic N) is 1. The zero-order valence-corrected chi connectivity index (χ0v) is 17.3. The van der Waals surface area contributed by atoms with Gasteiger partial charge in [-0.05, 0) is 53.6 Å². The Morgan fingerprint density at radius 2 is 1.91 bits per heavy atom. The molecule has 2 heterocycles. The summed E-state index contributed by atoms with van der Waals surface area (Å²) in [5, 5.41) is 8.77. The third-order valence-electron chi connectivity index (χ3n) is 6.23. The molecule has 0 saturated carbocycles. The van der Waals surface area contributed by atoms with Crippen molar-refractivity contribution in [1.29, 1.82) is 0 Å². The van der Waals surface area contributed by atoms with Crippen LogP contribution in [0.5, 0.6) is 5.75 Å². The fourth-order valence-corrected chi connectivity index (χ4v) is 4.47. The molecule has 2 aromatic carbocycles. The second-order valence-corrected chi connectivity index (χ2v) is 8.30. The first-order chi connectivity index (χ1) is 15.4. The van der Waals surface area contributed by atoms with Crippen LogP contribution in [0, 0.1) is 5.92 Å². The number of benzene rings is 2. The molecule has 0 fully saturated rings. The highest BCUT2D eigenvalue weighted by Gasteiger charge is 2.40. The molecule has 2 N–H and O–H groups in total. The molecule has 5 nitrogen and oxygen atoms in total. The van der Waals surface area contributed by atoms with E-state index in [0.29, 0.717) is 25.1 Å². The van der Waals surface area contributed by atoms with Gasteiger partial charge in [0.1, 0.15) is 5.75 Å². The van der Waals surface area contributed by atoms with Crippen LogP contribution in [0.25, 0.3) is 11.1 Å². The van der Waals surface area contributed by atoms with E-state index in [9.17, 15) is 18.0 Å². The van der Waals surface area contributed by atoms with Gasteiger partial charge in [-0.25, -0.2) is 0 Å². The summed E-state index contributed by atoms with van der Waals surface area (Å²) in [6, 6.07) is 14.1. The summed E-state index contributed by atoms with van der Waals surface area (Å²) >= 11 is 0. The summed E-state index contributed by atoms with van der Waals surface area (Å²) < 4.78 is 45.0. The lowest BCUT2D eigenvalue weighted by Gasteiger charge is -2.22. The van der Waals surface area contributed by atoms with Gasteiger partial charge >= 0.3 is 6.18 Å². The molecule has 3 aromatic rings. The molecule has 0 saturated heterocycles. The lowest BCUT2D eigenvalue weighted by molar-refractivity contribution is -0.142. The number of H-pyrrole nitrogens is 1. The highest BCUT2D eigenvalue weighted by molar-refractivity contribution is 5.79. The van der Waals surface area contributed by atoms with Crippen LogP contribution in [-0.2, 0) is 36.8 Å². The number of amides is 1. The van der Waals surface area contributed by atoms with Crippen molar-refractivity contribution in [2.75, 3.05) is 6.61 Å². The Labute approximate surface area is 183 Å². The van der Waals surface area contributed by atoms with Crippen LogP contribution in [0.2, 0.25) is 0 Å². The van der Waals surface area contributed by atoms with E-state index in [4.69, 9.17) is 4.74 Å². The summed E-state index contributed by atoms with van der Waals surface area (Å²) in [6.07, 6.45) is -2.67. The van der Waals surface area contributed by atoms with Crippen LogP contribution in [0.4, 0.5) is 13.2 Å². The SMILES string of the molecule is O=C(NCc1ccc(-c2ccc3c(c2)CCO3)cc1)C1CCc2[nH]nc(C(F)(F)F)c2C1. The molecule has 0 bridgehead atoms. The highest BCUT2D eigenvalue weighted by atomic mass is 19.4. The van der Waals surface area contributed by atoms with Gasteiger partial charge in [0.25, 0.3) is 0 Å². The molecular weight excluding hydrogens is 419 g/mol. The van der Waals surface area contributed by atoms with Crippen molar-refractivity contribution < 1.29 is 22.7 Å². The van der Waals surface area contributed by atoms with Gasteiger partial charge in [0.2, 0.25) is 5.91 Å². The molecule has 1 unspecified atom stereocenters. The average Bonchev–Trinajstić information content (AvgIpc) is 3.43. The van der Waals surface area contributed by atoms with E-state index >= 15 is 0 Å². The summed E-state index contributed by atoms with van der Waals surface area (Å²) in [7, 11) is 0. The van der Waals surface area contributed by atoms with E-state index in [1.807, 2.05) is 36.4 Å². The number of alkyl halides is 3. The maximum absolute atomic E-state index is 13.1. The van der Waals surface area contributed by atoms with Gasteiger partial charge in [0.05, 0.1) is 6.61 Å². The average molecular weight is 441 g/mol. The summed E-state index contributed by atoms with van der Waals surface area (Å²) in [6.45, 7) is 1.05. The molecule has 1 atom stereocenters. The van der Waals surface area contributed by atoms with E-state index in [1.165, 1.54) is 5.56 Å². The maximum atomic E-state index is 13.1. The first-order valence-corrected chi connectivity index (χ1v) is 10.6. The number of carbonyl (C=O) groups is 1. The molecule has 1 amide bonds. The highest BCUT2D eigenvalue weighted by Crippen LogP contribution is 2.36. The van der Waals surface area contributed by atoms with Crippen molar-refractivity contribution in [3.63, 3.8) is 0 Å². The number of rotatable bonds is 4. The van der Waals surface area contributed by atoms with E-state index in [1.54, 1.807) is 0 Å². The number of ether oxygens (including phenoxy) is 1. The molecule has 1 aromatic heterocycles. The normalized spacial score (nSPS) is 17.4. The number of fused-ring (bicyclic) bond motifs is 2. The van der Waals surface area contributed by atoms with Gasteiger partial charge in [0, 0.05) is 30.1 Å². The van der Waals surface area contributed by atoms with Gasteiger partial charge < -0.3 is 10.1 Å². The van der Waals surface area contributed by atoms with Crippen LogP contribution in [0.15, 0.2) is 42.5 Å². The second-order valence-electron chi connectivity index (χ2n) is 8.30. The predicted molar refractivity (Wildman–Crippen MR) is 112 cm³/mol. The third-order valence-corrected chi connectivity index (χ3v) is 6.23. The quantitative estimate of drug-likeness (QED) is 0.629. The summed E-state index contributed by atoms with van der Waals surface area (Å²) in [5.74, 6) is 0.225. The minimum Gasteiger partial charge on any atom is -0.493 e. The Kier molecular flexibility index (Phi) is 5.15. The Bertz CT molecular complexity index is 1150. The largest absolute Gasteiger partial charge is 0.493 e. The van der Waals surface area contributed by atoms with Gasteiger partial charge in [-0.1, -0.05) is 30.3 Å². The van der Waals surface area contributed by atoms with Gasteiger partial charge in [-0.2, -0.15) is 18.3 Å². The molecule has 8 heteroatoms. The lowest BCUT2D eigenvalue weighted by Crippen LogP contribution is -2.34. The fourth-order valence-electron chi connectivity index (χ4n) is 4.47. The first-order valence-electron chi connectivity index (χ1n) is 10.6. The molecule has 1 aliphatic carbocycles. The number of carbonyl (C=O) groups excluding carboxylic acids is 1. The fraction of sp³-hybridized carbons (Fsp3) is 0.333. The van der Waals surface area contributed by atoms with Crippen LogP contribution in [0.1, 0.15) is 34.5 Å². The Hall–Kier alpha value is -3.29. The first kappa shape index (κ1) is 20.6. The van der Waals surface area contributed by atoms with Crippen LogP contribution in [-0.4, -0.2) is 22.7 Å². The zero-order chi connectivity index (χ0) is 22.3. The topological polar surface area (TPSA) is 67.0 Å². The molecular formula is C24H22F3N3O2. The number of halogens is 3. The number of hydrogen-bond acceptors (Lipinski definition) is 3. The van der Waals surface area contributed by atoms with E-state index < -0.39 is 17.8 Å². The molecule has 5 rings (SSSR count). The number of hydrogen-bond donors (Lipinski definition) is 2. The summed E-state index contributed by atoms with van der Waals surface area (Å²) in [5.41, 5.74) is 4.03. The van der Waals surface area contributed by atoms with Crippen molar-refractivity contribution in [3.05, 3.63) is 70.5 Å². The Morgan fingerprint density at radius 3 is 2.69 bits per heavy atom. The van der Waals surface area contributed by atoms with Crippen molar-refractivity contribution in [2.24, 2.45) is 5.92 Å². The molecule has 166 valence electrons. The second kappa shape index (κ2) is 8.00.